The van der Waals surface area contributed by atoms with E-state index in [1.165, 1.54) is 0 Å². The Morgan fingerprint density at radius 1 is 1.15 bits per heavy atom. The number of amides is 3. The van der Waals surface area contributed by atoms with Crippen LogP contribution in [0.3, 0.4) is 0 Å². The van der Waals surface area contributed by atoms with Crippen LogP contribution in [0.5, 0.6) is 0 Å². The van der Waals surface area contributed by atoms with Crippen LogP contribution < -0.4 is 15.5 Å². The number of fused-ring (bicyclic) bond motifs is 1. The molecule has 216 valence electrons. The predicted octanol–water partition coefficient (Wildman–Crippen LogP) is 3.74. The van der Waals surface area contributed by atoms with Gasteiger partial charge in [0.05, 0.1) is 29.2 Å². The zero-order valence-corrected chi connectivity index (χ0v) is 25.1. The molecule has 1 spiro atoms. The Balaban J connectivity index is 1.72. The molecule has 3 amide bonds. The largest absolute Gasteiger partial charge is 0.394 e. The molecule has 3 fully saturated rings. The van der Waals surface area contributed by atoms with Gasteiger partial charge in [0.25, 0.3) is 0 Å². The van der Waals surface area contributed by atoms with Gasteiger partial charge in [-0.05, 0) is 62.8 Å². The van der Waals surface area contributed by atoms with Gasteiger partial charge in [0.15, 0.2) is 0 Å². The third-order valence-electron chi connectivity index (χ3n) is 9.39. The molecule has 0 aliphatic carbocycles. The smallest absolute Gasteiger partial charge is 0.248 e. The molecule has 39 heavy (non-hydrogen) atoms. The number of aliphatic hydroxyl groups excluding tert-OH is 1. The first-order valence-corrected chi connectivity index (χ1v) is 15.6. The summed E-state index contributed by atoms with van der Waals surface area (Å²) in [5.41, 5.74) is 1.76. The minimum atomic E-state index is -0.766. The van der Waals surface area contributed by atoms with Crippen molar-refractivity contribution in [3.05, 3.63) is 24.3 Å². The van der Waals surface area contributed by atoms with Crippen molar-refractivity contribution in [2.45, 2.75) is 82.9 Å². The van der Waals surface area contributed by atoms with Crippen LogP contribution in [-0.2, 0) is 14.4 Å². The molecule has 8 atom stereocenters. The van der Waals surface area contributed by atoms with E-state index in [-0.39, 0.29) is 41.4 Å². The first-order chi connectivity index (χ1) is 18.7. The molecule has 8 nitrogen and oxygen atoms in total. The fourth-order valence-corrected chi connectivity index (χ4v) is 9.56. The average molecular weight is 559 g/mol. The molecule has 3 unspecified atom stereocenters. The number of nitrogens with zero attached hydrogens (tertiary/aromatic N) is 2. The molecule has 0 aromatic heterocycles. The Morgan fingerprint density at radius 2 is 1.82 bits per heavy atom. The maximum Gasteiger partial charge on any atom is 0.248 e. The number of nitrogens with one attached hydrogen (secondary N) is 2. The first kappa shape index (κ1) is 29.7. The lowest BCUT2D eigenvalue weighted by Gasteiger charge is -2.41. The van der Waals surface area contributed by atoms with Gasteiger partial charge < -0.3 is 25.5 Å². The Hall–Kier alpha value is -2.26. The highest BCUT2D eigenvalue weighted by Gasteiger charge is 2.76. The highest BCUT2D eigenvalue weighted by atomic mass is 32.2. The highest BCUT2D eigenvalue weighted by molar-refractivity contribution is 8.02. The zero-order valence-electron chi connectivity index (χ0n) is 24.3. The second-order valence-electron chi connectivity index (χ2n) is 11.4. The molecule has 0 radical (unpaired) electrons. The molecule has 3 aliphatic heterocycles. The second-order valence-corrected chi connectivity index (χ2v) is 13.0. The van der Waals surface area contributed by atoms with Crippen LogP contribution in [0.25, 0.3) is 0 Å². The first-order valence-electron chi connectivity index (χ1n) is 14.7. The molecule has 3 N–H and O–H groups in total. The Kier molecular flexibility index (Phi) is 9.21. The number of anilines is 2. The summed E-state index contributed by atoms with van der Waals surface area (Å²) in [6.45, 7) is 14.5. The summed E-state index contributed by atoms with van der Waals surface area (Å²) < 4.78 is -0.706. The molecular formula is C30H46N4O4S. The van der Waals surface area contributed by atoms with E-state index in [0.717, 1.165) is 38.0 Å². The number of carbonyl (C=O) groups excluding carboxylic acids is 3. The second kappa shape index (κ2) is 12.1. The van der Waals surface area contributed by atoms with Crippen molar-refractivity contribution < 1.29 is 19.5 Å². The number of thioether (sulfide) groups is 1. The van der Waals surface area contributed by atoms with E-state index >= 15 is 0 Å². The SMILES string of the molecule is CCCNC(=O)[C@@H]1[C@@H]2CC(C)C3(S2)C(C(=O)Nc2ccc(N(CC)CC)cc2)N([C@@H](CO)[C@@H](C)CC)C(=O)[C@H]13. The Labute approximate surface area is 237 Å². The van der Waals surface area contributed by atoms with E-state index < -0.39 is 28.7 Å². The van der Waals surface area contributed by atoms with E-state index in [2.05, 4.69) is 36.3 Å². The summed E-state index contributed by atoms with van der Waals surface area (Å²) in [4.78, 5) is 45.8. The maximum atomic E-state index is 14.3. The molecule has 3 aliphatic rings. The molecule has 1 aromatic carbocycles. The maximum absolute atomic E-state index is 14.3. The Bertz CT molecular complexity index is 1050. The molecule has 1 aromatic rings. The number of likely N-dealkylation sites (tertiary alicyclic amines) is 1. The summed E-state index contributed by atoms with van der Waals surface area (Å²) >= 11 is 1.67. The summed E-state index contributed by atoms with van der Waals surface area (Å²) in [6.07, 6.45) is 2.38. The van der Waals surface area contributed by atoms with Crippen molar-refractivity contribution >= 4 is 40.9 Å². The standard InChI is InChI=1S/C30H46N4O4S/c1-7-15-31-27(36)24-23-16-19(6)30(39-23)25(24)29(38)34(22(17-35)18(5)8-2)26(30)28(37)32-20-11-13-21(14-12-20)33(9-3)10-4/h11-14,18-19,22-26,35H,7-10,15-17H2,1-6H3,(H,31,36)(H,32,37)/t18-,19?,22-,23-,24+,25-,26?,30?/m0/s1. The van der Waals surface area contributed by atoms with E-state index in [1.54, 1.807) is 16.7 Å². The molecule has 2 bridgehead atoms. The van der Waals surface area contributed by atoms with Crippen molar-refractivity contribution in [1.29, 1.82) is 0 Å². The number of hydrogen-bond donors (Lipinski definition) is 3. The van der Waals surface area contributed by atoms with Crippen molar-refractivity contribution in [2.75, 3.05) is 36.5 Å². The van der Waals surface area contributed by atoms with Crippen molar-refractivity contribution in [3.63, 3.8) is 0 Å². The van der Waals surface area contributed by atoms with Gasteiger partial charge in [0, 0.05) is 36.3 Å². The van der Waals surface area contributed by atoms with E-state index in [4.69, 9.17) is 0 Å². The number of rotatable bonds is 12. The lowest BCUT2D eigenvalue weighted by Crippen LogP contribution is -2.58. The van der Waals surface area contributed by atoms with Crippen LogP contribution in [0.1, 0.15) is 60.8 Å². The van der Waals surface area contributed by atoms with Gasteiger partial charge in [-0.1, -0.05) is 34.1 Å². The Morgan fingerprint density at radius 3 is 2.38 bits per heavy atom. The van der Waals surface area contributed by atoms with Crippen LogP contribution in [-0.4, -0.2) is 76.0 Å². The van der Waals surface area contributed by atoms with E-state index in [9.17, 15) is 19.5 Å². The van der Waals surface area contributed by atoms with Crippen molar-refractivity contribution in [3.8, 4) is 0 Å². The van der Waals surface area contributed by atoms with Gasteiger partial charge in [-0.3, -0.25) is 14.4 Å². The molecule has 3 heterocycles. The molecule has 4 rings (SSSR count). The van der Waals surface area contributed by atoms with Gasteiger partial charge in [-0.15, -0.1) is 11.8 Å². The van der Waals surface area contributed by atoms with Gasteiger partial charge >= 0.3 is 0 Å². The molecular weight excluding hydrogens is 512 g/mol. The fourth-order valence-electron chi connectivity index (χ4n) is 7.15. The van der Waals surface area contributed by atoms with Crippen LogP contribution in [0.15, 0.2) is 24.3 Å². The lowest BCUT2D eigenvalue weighted by molar-refractivity contribution is -0.143. The topological polar surface area (TPSA) is 102 Å². The van der Waals surface area contributed by atoms with E-state index in [0.29, 0.717) is 12.2 Å². The third-order valence-corrected chi connectivity index (χ3v) is 11.5. The highest BCUT2D eigenvalue weighted by Crippen LogP contribution is 2.69. The molecule has 3 saturated heterocycles. The van der Waals surface area contributed by atoms with Crippen molar-refractivity contribution in [2.24, 2.45) is 23.7 Å². The minimum Gasteiger partial charge on any atom is -0.394 e. The van der Waals surface area contributed by atoms with E-state index in [1.807, 2.05) is 45.0 Å². The predicted molar refractivity (Wildman–Crippen MR) is 158 cm³/mol. The summed E-state index contributed by atoms with van der Waals surface area (Å²) in [5.74, 6) is -1.44. The number of carbonyl (C=O) groups is 3. The summed E-state index contributed by atoms with van der Waals surface area (Å²) in [6, 6.07) is 6.56. The quantitative estimate of drug-likeness (QED) is 0.361. The van der Waals surface area contributed by atoms with Crippen molar-refractivity contribution in [1.82, 2.24) is 10.2 Å². The fraction of sp³-hybridized carbons (Fsp3) is 0.700. The zero-order chi connectivity index (χ0) is 28.5. The summed E-state index contributed by atoms with van der Waals surface area (Å²) in [7, 11) is 0. The van der Waals surface area contributed by atoms with Gasteiger partial charge in [0.1, 0.15) is 6.04 Å². The lowest BCUT2D eigenvalue weighted by atomic mass is 9.66. The van der Waals surface area contributed by atoms with Gasteiger partial charge in [-0.25, -0.2) is 0 Å². The minimum absolute atomic E-state index is 0.00250. The number of hydrogen-bond acceptors (Lipinski definition) is 6. The molecule has 0 saturated carbocycles. The number of aliphatic hydroxyl groups is 1. The van der Waals surface area contributed by atoms with Gasteiger partial charge in [0.2, 0.25) is 17.7 Å². The normalized spacial score (nSPS) is 30.7. The third kappa shape index (κ3) is 4.94. The van der Waals surface area contributed by atoms with Crippen LogP contribution >= 0.6 is 11.8 Å². The average Bonchev–Trinajstić information content (AvgIpc) is 3.53. The monoisotopic (exact) mass is 558 g/mol. The van der Waals surface area contributed by atoms with Crippen LogP contribution in [0.2, 0.25) is 0 Å². The van der Waals surface area contributed by atoms with Gasteiger partial charge in [-0.2, -0.15) is 0 Å². The van der Waals surface area contributed by atoms with Crippen LogP contribution in [0, 0.1) is 23.7 Å². The molecule has 9 heteroatoms. The number of benzene rings is 1. The van der Waals surface area contributed by atoms with Crippen LogP contribution in [0.4, 0.5) is 11.4 Å². The summed E-state index contributed by atoms with van der Waals surface area (Å²) in [5, 5.41) is 16.6.